The molecule has 0 rings (SSSR count). The van der Waals surface area contributed by atoms with Gasteiger partial charge >= 0.3 is 14.8 Å². The third kappa shape index (κ3) is 9.35. The van der Waals surface area contributed by atoms with E-state index in [1.54, 1.807) is 0 Å². The Hall–Kier alpha value is -0.693. The molecule has 1 unspecified atom stereocenters. The van der Waals surface area contributed by atoms with Crippen LogP contribution >= 0.6 is 0 Å². The summed E-state index contributed by atoms with van der Waals surface area (Å²) in [5, 5.41) is 0. The van der Waals surface area contributed by atoms with Crippen LogP contribution in [0.4, 0.5) is 0 Å². The van der Waals surface area contributed by atoms with Gasteiger partial charge in [-0.2, -0.15) is 0 Å². The largest absolute Gasteiger partial charge is 0.501 e. The van der Waals surface area contributed by atoms with Crippen molar-refractivity contribution < 1.29 is 22.8 Å². The van der Waals surface area contributed by atoms with Crippen molar-refractivity contribution in [1.82, 2.24) is 0 Å². The Balaban J connectivity index is 4.66. The van der Waals surface area contributed by atoms with E-state index in [1.807, 2.05) is 6.92 Å². The summed E-state index contributed by atoms with van der Waals surface area (Å²) in [5.41, 5.74) is 0. The van der Waals surface area contributed by atoms with E-state index in [0.717, 1.165) is 19.3 Å². The molecule has 0 aliphatic carbocycles. The highest BCUT2D eigenvalue weighted by atomic mass is 28.4. The molecule has 0 spiro atoms. The van der Waals surface area contributed by atoms with Crippen molar-refractivity contribution in [2.75, 3.05) is 19.8 Å². The van der Waals surface area contributed by atoms with Crippen LogP contribution in [0.15, 0.2) is 12.7 Å². The van der Waals surface area contributed by atoms with Crippen LogP contribution in [0.25, 0.3) is 0 Å². The van der Waals surface area contributed by atoms with Crippen molar-refractivity contribution in [3.8, 4) is 0 Å². The van der Waals surface area contributed by atoms with Crippen molar-refractivity contribution in [1.29, 1.82) is 0 Å². The minimum absolute atomic E-state index is 0.0936. The average molecular weight is 333 g/mol. The molecule has 0 saturated carbocycles. The third-order valence-electron chi connectivity index (χ3n) is 3.05. The molecule has 0 heterocycles. The predicted molar refractivity (Wildman–Crippen MR) is 89.7 cm³/mol. The number of carbonyl (C=O) groups excluding carboxylic acids is 1. The van der Waals surface area contributed by atoms with Gasteiger partial charge in [0.25, 0.3) is 0 Å². The topological polar surface area (TPSA) is 54.0 Å². The zero-order valence-electron chi connectivity index (χ0n) is 14.6. The summed E-state index contributed by atoms with van der Waals surface area (Å²) in [7, 11) is -2.72. The Bertz CT molecular complexity index is 301. The van der Waals surface area contributed by atoms with Gasteiger partial charge in [-0.3, -0.25) is 0 Å². The van der Waals surface area contributed by atoms with Crippen LogP contribution in [0.1, 0.15) is 53.4 Å². The van der Waals surface area contributed by atoms with Crippen LogP contribution in [-0.4, -0.2) is 40.7 Å². The second-order valence-corrected chi connectivity index (χ2v) is 7.87. The van der Waals surface area contributed by atoms with E-state index in [-0.39, 0.29) is 6.10 Å². The molecule has 0 aliphatic heterocycles. The fourth-order valence-electron chi connectivity index (χ4n) is 1.74. The molecule has 0 radical (unpaired) electrons. The molecule has 5 nitrogen and oxygen atoms in total. The number of esters is 1. The molecular formula is C16H32O5Si. The van der Waals surface area contributed by atoms with Crippen LogP contribution < -0.4 is 0 Å². The summed E-state index contributed by atoms with van der Waals surface area (Å²) < 4.78 is 23.2. The van der Waals surface area contributed by atoms with Crippen molar-refractivity contribution >= 4 is 14.8 Å². The Morgan fingerprint density at radius 3 is 2.18 bits per heavy atom. The van der Waals surface area contributed by atoms with Crippen LogP contribution in [0.3, 0.4) is 0 Å². The highest BCUT2D eigenvalue weighted by molar-refractivity contribution is 6.60. The Morgan fingerprint density at radius 1 is 1.14 bits per heavy atom. The van der Waals surface area contributed by atoms with Gasteiger partial charge in [0, 0.05) is 31.4 Å². The summed E-state index contributed by atoms with van der Waals surface area (Å²) in [5.74, 6) is -0.404. The molecule has 22 heavy (non-hydrogen) atoms. The summed E-state index contributed by atoms with van der Waals surface area (Å²) in [6, 6.07) is 0.655. The summed E-state index contributed by atoms with van der Waals surface area (Å²) in [6.45, 7) is 13.2. The molecule has 0 aromatic heterocycles. The van der Waals surface area contributed by atoms with Gasteiger partial charge in [-0.05, 0) is 32.6 Å². The monoisotopic (exact) mass is 332 g/mol. The second-order valence-electron chi connectivity index (χ2n) is 5.19. The summed E-state index contributed by atoms with van der Waals surface area (Å²) in [6.07, 6.45) is 4.66. The van der Waals surface area contributed by atoms with Gasteiger partial charge in [0.05, 0.1) is 6.61 Å². The lowest BCUT2D eigenvalue weighted by atomic mass is 10.3. The molecule has 0 aromatic carbocycles. The van der Waals surface area contributed by atoms with Crippen LogP contribution in [0.5, 0.6) is 0 Å². The predicted octanol–water partition coefficient (Wildman–Crippen LogP) is 3.71. The number of hydrogen-bond acceptors (Lipinski definition) is 5. The molecule has 0 N–H and O–H groups in total. The van der Waals surface area contributed by atoms with E-state index in [9.17, 15) is 4.79 Å². The molecule has 0 bridgehead atoms. The zero-order valence-corrected chi connectivity index (χ0v) is 15.6. The first-order valence-electron chi connectivity index (χ1n) is 8.28. The maximum Gasteiger partial charge on any atom is 0.501 e. The fraction of sp³-hybridized carbons (Fsp3) is 0.812. The third-order valence-corrected chi connectivity index (χ3v) is 6.06. The van der Waals surface area contributed by atoms with Gasteiger partial charge in [-0.15, -0.1) is 0 Å². The number of ether oxygens (including phenoxy) is 1. The minimum atomic E-state index is -2.72. The molecule has 0 saturated heterocycles. The van der Waals surface area contributed by atoms with Crippen molar-refractivity contribution in [3.05, 3.63) is 12.7 Å². The quantitative estimate of drug-likeness (QED) is 0.210. The van der Waals surface area contributed by atoms with Crippen molar-refractivity contribution in [2.24, 2.45) is 0 Å². The zero-order chi connectivity index (χ0) is 16.8. The van der Waals surface area contributed by atoms with E-state index >= 15 is 0 Å². The minimum Gasteiger partial charge on any atom is -0.463 e. The van der Waals surface area contributed by atoms with Crippen LogP contribution in [0, 0.1) is 0 Å². The summed E-state index contributed by atoms with van der Waals surface area (Å²) in [4.78, 5) is 11.1. The normalized spacial score (nSPS) is 12.9. The number of hydrogen-bond donors (Lipinski definition) is 0. The molecule has 0 amide bonds. The molecule has 0 fully saturated rings. The van der Waals surface area contributed by atoms with Gasteiger partial charge in [0.1, 0.15) is 0 Å². The lowest BCUT2D eigenvalue weighted by molar-refractivity contribution is -0.137. The highest BCUT2D eigenvalue weighted by Crippen LogP contribution is 2.22. The lowest BCUT2D eigenvalue weighted by Gasteiger charge is -2.32. The SMILES string of the molecule is C=CC(=O)OCCC[Si](OCCC)(OCCC)OC(C)CC. The Kier molecular flexibility index (Phi) is 12.4. The van der Waals surface area contributed by atoms with Crippen LogP contribution in [-0.2, 0) is 22.8 Å². The van der Waals surface area contributed by atoms with Gasteiger partial charge in [-0.1, -0.05) is 27.4 Å². The molecule has 130 valence electrons. The first kappa shape index (κ1) is 21.3. The van der Waals surface area contributed by atoms with E-state index in [4.69, 9.17) is 18.0 Å². The number of rotatable bonds is 14. The van der Waals surface area contributed by atoms with Gasteiger partial charge in [0.15, 0.2) is 0 Å². The Labute approximate surface area is 136 Å². The first-order chi connectivity index (χ1) is 10.5. The molecule has 6 heteroatoms. The first-order valence-corrected chi connectivity index (χ1v) is 10.2. The maximum atomic E-state index is 11.1. The van der Waals surface area contributed by atoms with Gasteiger partial charge < -0.3 is 18.0 Å². The van der Waals surface area contributed by atoms with E-state index in [0.29, 0.717) is 32.3 Å². The van der Waals surface area contributed by atoms with Crippen molar-refractivity contribution in [3.63, 3.8) is 0 Å². The molecule has 0 aliphatic rings. The maximum absolute atomic E-state index is 11.1. The van der Waals surface area contributed by atoms with E-state index in [2.05, 4.69) is 27.4 Å². The van der Waals surface area contributed by atoms with Crippen LogP contribution in [0.2, 0.25) is 6.04 Å². The fourth-order valence-corrected chi connectivity index (χ4v) is 4.75. The average Bonchev–Trinajstić information content (AvgIpc) is 2.54. The highest BCUT2D eigenvalue weighted by Gasteiger charge is 2.41. The van der Waals surface area contributed by atoms with Gasteiger partial charge in [0.2, 0.25) is 0 Å². The molecule has 0 aromatic rings. The van der Waals surface area contributed by atoms with E-state index in [1.165, 1.54) is 6.08 Å². The molecular weight excluding hydrogens is 300 g/mol. The second kappa shape index (κ2) is 12.8. The van der Waals surface area contributed by atoms with Gasteiger partial charge in [-0.25, -0.2) is 4.79 Å². The Morgan fingerprint density at radius 2 is 1.73 bits per heavy atom. The number of carbonyl (C=O) groups is 1. The smallest absolute Gasteiger partial charge is 0.463 e. The summed E-state index contributed by atoms with van der Waals surface area (Å²) >= 11 is 0. The van der Waals surface area contributed by atoms with E-state index < -0.39 is 14.8 Å². The molecule has 1 atom stereocenters. The standard InChI is InChI=1S/C16H32O5Si/c1-6-11-19-22(20-12-7-2,21-15(5)8-3)14-10-13-18-16(17)9-4/h9,15H,4,6-8,10-14H2,1-3,5H3. The van der Waals surface area contributed by atoms with Crippen molar-refractivity contribution in [2.45, 2.75) is 65.5 Å². The lowest BCUT2D eigenvalue weighted by Crippen LogP contribution is -2.48.